The molecule has 0 radical (unpaired) electrons. The van der Waals surface area contributed by atoms with Gasteiger partial charge in [-0.15, -0.1) is 0 Å². The van der Waals surface area contributed by atoms with Crippen molar-refractivity contribution in [2.75, 3.05) is 6.54 Å². The molecular weight excluding hydrogens is 406 g/mol. The fraction of sp³-hybridized carbons (Fsp3) is 0.190. The second-order valence-corrected chi connectivity index (χ2v) is 8.48. The molecule has 0 bridgehead atoms. The van der Waals surface area contributed by atoms with Crippen LogP contribution in [0.3, 0.4) is 0 Å². The van der Waals surface area contributed by atoms with Crippen molar-refractivity contribution < 1.29 is 14.7 Å². The zero-order chi connectivity index (χ0) is 20.4. The Balaban J connectivity index is 1.61. The summed E-state index contributed by atoms with van der Waals surface area (Å²) in [5.41, 5.74) is 8.02. The highest BCUT2D eigenvalue weighted by atomic mass is 32.2. The second-order valence-electron chi connectivity index (χ2n) is 6.80. The molecule has 2 aromatic rings. The molecule has 2 fully saturated rings. The van der Waals surface area contributed by atoms with Gasteiger partial charge in [-0.3, -0.25) is 15.1 Å². The first-order valence-electron chi connectivity index (χ1n) is 9.14. The molecule has 0 aliphatic carbocycles. The third kappa shape index (κ3) is 3.97. The number of thioether (sulfide) groups is 1. The molecule has 2 heterocycles. The van der Waals surface area contributed by atoms with Crippen LogP contribution < -0.4 is 10.9 Å². The van der Waals surface area contributed by atoms with Crippen LogP contribution in [0.2, 0.25) is 0 Å². The molecular formula is C21H19N3O3S2. The average molecular weight is 426 g/mol. The summed E-state index contributed by atoms with van der Waals surface area (Å²) in [7, 11) is 0. The minimum absolute atomic E-state index is 0.0177. The first-order chi connectivity index (χ1) is 14.1. The number of carboxylic acid groups (broad SMARTS) is 1. The van der Waals surface area contributed by atoms with Crippen molar-refractivity contribution in [2.24, 2.45) is 5.92 Å². The number of aliphatic carboxylic acids is 1. The zero-order valence-electron chi connectivity index (χ0n) is 15.3. The first-order valence-corrected chi connectivity index (χ1v) is 10.4. The number of carbonyl (C=O) groups excluding carboxylic acids is 1. The number of thiocarbonyl (C=S) groups is 1. The number of carboxylic acids is 1. The highest BCUT2D eigenvalue weighted by molar-refractivity contribution is 8.26. The van der Waals surface area contributed by atoms with Crippen molar-refractivity contribution in [2.45, 2.75) is 12.1 Å². The molecule has 0 spiro atoms. The van der Waals surface area contributed by atoms with E-state index in [0.717, 1.165) is 17.3 Å². The van der Waals surface area contributed by atoms with Crippen LogP contribution >= 0.6 is 24.0 Å². The molecule has 0 aromatic heterocycles. The molecule has 2 aliphatic heterocycles. The van der Waals surface area contributed by atoms with Crippen LogP contribution in [0, 0.1) is 5.92 Å². The number of carbonyl (C=O) groups is 2. The molecule has 3 N–H and O–H groups in total. The zero-order valence-corrected chi connectivity index (χ0v) is 17.0. The predicted molar refractivity (Wildman–Crippen MR) is 116 cm³/mol. The molecule has 3 unspecified atom stereocenters. The van der Waals surface area contributed by atoms with E-state index in [0.29, 0.717) is 17.0 Å². The minimum atomic E-state index is -1.14. The van der Waals surface area contributed by atoms with E-state index < -0.39 is 12.0 Å². The topological polar surface area (TPSA) is 81.7 Å². The fourth-order valence-corrected chi connectivity index (χ4v) is 4.97. The molecule has 3 atom stereocenters. The number of hydrogen-bond acceptors (Lipinski definition) is 6. The summed E-state index contributed by atoms with van der Waals surface area (Å²) in [4.78, 5) is 26.7. The van der Waals surface area contributed by atoms with Crippen LogP contribution in [0.15, 0.2) is 71.6 Å². The van der Waals surface area contributed by atoms with Gasteiger partial charge in [0.15, 0.2) is 6.04 Å². The molecule has 2 saturated heterocycles. The first kappa shape index (κ1) is 19.8. The predicted octanol–water partition coefficient (Wildman–Crippen LogP) is 3.02. The smallest absolute Gasteiger partial charge is 0.331 e. The van der Waals surface area contributed by atoms with Gasteiger partial charge >= 0.3 is 5.97 Å². The van der Waals surface area contributed by atoms with Gasteiger partial charge < -0.3 is 5.11 Å². The normalized spacial score (nSPS) is 24.3. The number of nitrogens with one attached hydrogen (secondary N) is 2. The van der Waals surface area contributed by atoms with E-state index in [1.54, 1.807) is 30.3 Å². The van der Waals surface area contributed by atoms with Gasteiger partial charge in [-0.05, 0) is 11.1 Å². The number of nitrogens with zero attached hydrogens (tertiary/aromatic N) is 1. The molecule has 8 heteroatoms. The number of rotatable bonds is 5. The van der Waals surface area contributed by atoms with E-state index in [1.165, 1.54) is 4.90 Å². The molecule has 29 heavy (non-hydrogen) atoms. The highest BCUT2D eigenvalue weighted by Gasteiger charge is 2.42. The standard InChI is InChI=1S/C21H19N3O3S2/c25-19-16(11-15-12-22-23-17(15)13-7-3-1-4-8-13)29-21(28)24(19)18(20(26)27)14-9-5-2-6-10-14/h1-11,15,17-18,22-23H,12H2,(H,26,27)/b16-11-. The average Bonchev–Trinajstić information content (AvgIpc) is 3.29. The van der Waals surface area contributed by atoms with Crippen molar-refractivity contribution in [3.8, 4) is 0 Å². The molecule has 4 rings (SSSR count). The van der Waals surface area contributed by atoms with Crippen molar-refractivity contribution in [3.05, 3.63) is 82.8 Å². The fourth-order valence-electron chi connectivity index (χ4n) is 3.61. The summed E-state index contributed by atoms with van der Waals surface area (Å²) in [6, 6.07) is 17.5. The molecule has 0 saturated carbocycles. The lowest BCUT2D eigenvalue weighted by atomic mass is 9.94. The van der Waals surface area contributed by atoms with Gasteiger partial charge in [0.25, 0.3) is 5.91 Å². The summed E-state index contributed by atoms with van der Waals surface area (Å²) < 4.78 is 0.257. The Morgan fingerprint density at radius 3 is 2.48 bits per heavy atom. The quantitative estimate of drug-likeness (QED) is 0.502. The maximum absolute atomic E-state index is 13.1. The maximum atomic E-state index is 13.1. The maximum Gasteiger partial charge on any atom is 0.331 e. The van der Waals surface area contributed by atoms with E-state index in [4.69, 9.17) is 12.2 Å². The van der Waals surface area contributed by atoms with Crippen LogP contribution in [-0.4, -0.2) is 32.7 Å². The van der Waals surface area contributed by atoms with Crippen molar-refractivity contribution in [3.63, 3.8) is 0 Å². The lowest BCUT2D eigenvalue weighted by molar-refractivity contribution is -0.145. The van der Waals surface area contributed by atoms with Crippen LogP contribution in [0.25, 0.3) is 0 Å². The van der Waals surface area contributed by atoms with Gasteiger partial charge in [0.1, 0.15) is 4.32 Å². The molecule has 2 aliphatic rings. The van der Waals surface area contributed by atoms with Gasteiger partial charge in [0.2, 0.25) is 0 Å². The van der Waals surface area contributed by atoms with Crippen LogP contribution in [0.5, 0.6) is 0 Å². The van der Waals surface area contributed by atoms with Gasteiger partial charge in [-0.2, -0.15) is 0 Å². The molecule has 2 aromatic carbocycles. The van der Waals surface area contributed by atoms with Gasteiger partial charge in [0.05, 0.1) is 10.9 Å². The van der Waals surface area contributed by atoms with E-state index in [9.17, 15) is 14.7 Å². The Kier molecular flexibility index (Phi) is 5.77. The number of hydrogen-bond donors (Lipinski definition) is 3. The lowest BCUT2D eigenvalue weighted by Crippen LogP contribution is -2.37. The van der Waals surface area contributed by atoms with E-state index in [2.05, 4.69) is 10.9 Å². The summed E-state index contributed by atoms with van der Waals surface area (Å²) >= 11 is 6.54. The largest absolute Gasteiger partial charge is 0.479 e. The molecule has 1 amide bonds. The number of amides is 1. The Hall–Kier alpha value is -2.52. The van der Waals surface area contributed by atoms with Crippen LogP contribution in [0.4, 0.5) is 0 Å². The summed E-state index contributed by atoms with van der Waals surface area (Å²) in [6.45, 7) is 0.657. The van der Waals surface area contributed by atoms with Crippen molar-refractivity contribution in [1.29, 1.82) is 0 Å². The Morgan fingerprint density at radius 2 is 1.83 bits per heavy atom. The third-order valence-corrected chi connectivity index (χ3v) is 6.33. The number of hydrazine groups is 1. The Bertz CT molecular complexity index is 966. The van der Waals surface area contributed by atoms with Gasteiger partial charge in [0, 0.05) is 12.5 Å². The van der Waals surface area contributed by atoms with E-state index in [-0.39, 0.29) is 22.2 Å². The third-order valence-electron chi connectivity index (χ3n) is 4.98. The lowest BCUT2D eigenvalue weighted by Gasteiger charge is -2.23. The van der Waals surface area contributed by atoms with E-state index >= 15 is 0 Å². The van der Waals surface area contributed by atoms with Crippen molar-refractivity contribution in [1.82, 2.24) is 15.8 Å². The van der Waals surface area contributed by atoms with Gasteiger partial charge in [-0.1, -0.05) is 90.7 Å². The molecule has 148 valence electrons. The summed E-state index contributed by atoms with van der Waals surface area (Å²) in [5.74, 6) is -1.44. The van der Waals surface area contributed by atoms with Gasteiger partial charge in [-0.25, -0.2) is 10.2 Å². The SMILES string of the molecule is O=C(O)C(c1ccccc1)N1C(=O)/C(=C/C2CNNC2c2ccccc2)SC1=S. The van der Waals surface area contributed by atoms with Crippen LogP contribution in [-0.2, 0) is 9.59 Å². The Morgan fingerprint density at radius 1 is 1.17 bits per heavy atom. The Labute approximate surface area is 178 Å². The molecule has 6 nitrogen and oxygen atoms in total. The minimum Gasteiger partial charge on any atom is -0.479 e. The summed E-state index contributed by atoms with van der Waals surface area (Å²) in [5, 5.41) is 9.78. The highest BCUT2D eigenvalue weighted by Crippen LogP contribution is 2.39. The summed E-state index contributed by atoms with van der Waals surface area (Å²) in [6.07, 6.45) is 1.90. The second kappa shape index (κ2) is 8.46. The van der Waals surface area contributed by atoms with Crippen molar-refractivity contribution >= 4 is 40.2 Å². The van der Waals surface area contributed by atoms with Crippen LogP contribution in [0.1, 0.15) is 23.2 Å². The number of benzene rings is 2. The van der Waals surface area contributed by atoms with E-state index in [1.807, 2.05) is 36.4 Å². The monoisotopic (exact) mass is 425 g/mol.